The van der Waals surface area contributed by atoms with E-state index in [0.29, 0.717) is 36.8 Å². The molecule has 1 aromatic carbocycles. The van der Waals surface area contributed by atoms with Gasteiger partial charge >= 0.3 is 0 Å². The molecule has 0 spiro atoms. The fourth-order valence-corrected chi connectivity index (χ4v) is 2.34. The molecule has 19 heavy (non-hydrogen) atoms. The molecular weight excluding hydrogens is 244 g/mol. The van der Waals surface area contributed by atoms with Crippen LogP contribution in [0.3, 0.4) is 0 Å². The molecule has 0 radical (unpaired) electrons. The van der Waals surface area contributed by atoms with E-state index < -0.39 is 0 Å². The van der Waals surface area contributed by atoms with Gasteiger partial charge in [0, 0.05) is 17.6 Å². The zero-order valence-electron chi connectivity index (χ0n) is 10.8. The van der Waals surface area contributed by atoms with Gasteiger partial charge in [-0.1, -0.05) is 0 Å². The topological polar surface area (TPSA) is 68.7 Å². The number of carbonyl (C=O) groups is 1. The van der Waals surface area contributed by atoms with E-state index in [0.717, 1.165) is 5.39 Å². The predicted molar refractivity (Wildman–Crippen MR) is 71.9 cm³/mol. The maximum absolute atomic E-state index is 12.4. The Kier molecular flexibility index (Phi) is 2.91. The van der Waals surface area contributed by atoms with E-state index in [2.05, 4.69) is 0 Å². The molecule has 3 rings (SSSR count). The van der Waals surface area contributed by atoms with Gasteiger partial charge in [-0.2, -0.15) is 0 Å². The quantitative estimate of drug-likeness (QED) is 0.795. The van der Waals surface area contributed by atoms with Crippen molar-refractivity contribution < 1.29 is 13.9 Å². The van der Waals surface area contributed by atoms with Crippen LogP contribution in [0.2, 0.25) is 0 Å². The Morgan fingerprint density at radius 3 is 3.05 bits per heavy atom. The third-order valence-electron chi connectivity index (χ3n) is 3.38. The lowest BCUT2D eigenvalue weighted by Crippen LogP contribution is -2.47. The Morgan fingerprint density at radius 1 is 1.42 bits per heavy atom. The van der Waals surface area contributed by atoms with Crippen LogP contribution in [0.4, 0.5) is 5.69 Å². The standard InChI is InChI=1S/C14H16N2O3/c1-9-8-18-5-4-16(9)14(17)13-7-10-6-11(15)2-3-12(10)19-13/h2-3,6-7,9H,4-5,8,15H2,1H3. The minimum atomic E-state index is -0.0921. The Hall–Kier alpha value is -2.01. The van der Waals surface area contributed by atoms with Crippen LogP contribution in [0.5, 0.6) is 0 Å². The lowest BCUT2D eigenvalue weighted by molar-refractivity contribution is 0.00208. The zero-order chi connectivity index (χ0) is 13.4. The summed E-state index contributed by atoms with van der Waals surface area (Å²) in [6, 6.07) is 7.16. The van der Waals surface area contributed by atoms with Gasteiger partial charge in [-0.05, 0) is 31.2 Å². The molecule has 0 aliphatic carbocycles. The molecule has 5 nitrogen and oxygen atoms in total. The van der Waals surface area contributed by atoms with E-state index in [1.54, 1.807) is 29.2 Å². The van der Waals surface area contributed by atoms with Gasteiger partial charge in [-0.25, -0.2) is 0 Å². The highest BCUT2D eigenvalue weighted by atomic mass is 16.5. The van der Waals surface area contributed by atoms with Crippen molar-refractivity contribution in [2.45, 2.75) is 13.0 Å². The normalized spacial score (nSPS) is 19.8. The fourth-order valence-electron chi connectivity index (χ4n) is 2.34. The van der Waals surface area contributed by atoms with Crippen LogP contribution < -0.4 is 5.73 Å². The molecule has 1 saturated heterocycles. The maximum atomic E-state index is 12.4. The molecule has 1 aliphatic rings. The first-order valence-corrected chi connectivity index (χ1v) is 6.33. The molecule has 1 aromatic heterocycles. The smallest absolute Gasteiger partial charge is 0.290 e. The van der Waals surface area contributed by atoms with E-state index in [1.807, 2.05) is 6.92 Å². The summed E-state index contributed by atoms with van der Waals surface area (Å²) in [6.07, 6.45) is 0. The summed E-state index contributed by atoms with van der Waals surface area (Å²) in [7, 11) is 0. The number of ether oxygens (including phenoxy) is 1. The number of morpholine rings is 1. The van der Waals surface area contributed by atoms with Crippen LogP contribution in [-0.4, -0.2) is 36.6 Å². The van der Waals surface area contributed by atoms with Gasteiger partial charge in [-0.3, -0.25) is 4.79 Å². The number of nitrogen functional groups attached to an aromatic ring is 1. The highest BCUT2D eigenvalue weighted by molar-refractivity contribution is 5.96. The lowest BCUT2D eigenvalue weighted by Gasteiger charge is -2.32. The van der Waals surface area contributed by atoms with Crippen molar-refractivity contribution in [3.05, 3.63) is 30.0 Å². The van der Waals surface area contributed by atoms with Gasteiger partial charge in [0.05, 0.1) is 19.3 Å². The number of hydrogen-bond donors (Lipinski definition) is 1. The Bertz CT molecular complexity index is 620. The summed E-state index contributed by atoms with van der Waals surface area (Å²) in [5, 5.41) is 0.851. The highest BCUT2D eigenvalue weighted by Crippen LogP contribution is 2.23. The number of rotatable bonds is 1. The van der Waals surface area contributed by atoms with E-state index in [4.69, 9.17) is 14.9 Å². The number of hydrogen-bond acceptors (Lipinski definition) is 4. The molecule has 5 heteroatoms. The zero-order valence-corrected chi connectivity index (χ0v) is 10.8. The summed E-state index contributed by atoms with van der Waals surface area (Å²) in [5.41, 5.74) is 7.06. The highest BCUT2D eigenvalue weighted by Gasteiger charge is 2.27. The molecule has 1 amide bonds. The minimum Gasteiger partial charge on any atom is -0.451 e. The van der Waals surface area contributed by atoms with Crippen molar-refractivity contribution in [1.29, 1.82) is 0 Å². The third-order valence-corrected chi connectivity index (χ3v) is 3.38. The van der Waals surface area contributed by atoms with Gasteiger partial charge in [-0.15, -0.1) is 0 Å². The van der Waals surface area contributed by atoms with Crippen molar-refractivity contribution >= 4 is 22.6 Å². The summed E-state index contributed by atoms with van der Waals surface area (Å²) in [4.78, 5) is 14.2. The van der Waals surface area contributed by atoms with Crippen molar-refractivity contribution in [2.24, 2.45) is 0 Å². The number of benzene rings is 1. The van der Waals surface area contributed by atoms with Crippen molar-refractivity contribution in [2.75, 3.05) is 25.5 Å². The van der Waals surface area contributed by atoms with Crippen LogP contribution in [0.15, 0.2) is 28.7 Å². The fraction of sp³-hybridized carbons (Fsp3) is 0.357. The number of fused-ring (bicyclic) bond motifs is 1. The molecule has 1 unspecified atom stereocenters. The molecule has 2 heterocycles. The third kappa shape index (κ3) is 2.17. The number of carbonyl (C=O) groups excluding carboxylic acids is 1. The average molecular weight is 260 g/mol. The van der Waals surface area contributed by atoms with Gasteiger partial charge < -0.3 is 19.8 Å². The second-order valence-corrected chi connectivity index (χ2v) is 4.83. The minimum absolute atomic E-state index is 0.0690. The second kappa shape index (κ2) is 4.59. The Labute approximate surface area is 110 Å². The van der Waals surface area contributed by atoms with Crippen molar-refractivity contribution in [3.8, 4) is 0 Å². The van der Waals surface area contributed by atoms with E-state index >= 15 is 0 Å². The van der Waals surface area contributed by atoms with Crippen LogP contribution in [0.1, 0.15) is 17.5 Å². The summed E-state index contributed by atoms with van der Waals surface area (Å²) >= 11 is 0. The van der Waals surface area contributed by atoms with Crippen LogP contribution >= 0.6 is 0 Å². The average Bonchev–Trinajstić information content (AvgIpc) is 2.81. The molecule has 1 aliphatic heterocycles. The van der Waals surface area contributed by atoms with Crippen LogP contribution in [-0.2, 0) is 4.74 Å². The van der Waals surface area contributed by atoms with E-state index in [1.165, 1.54) is 0 Å². The number of anilines is 1. The van der Waals surface area contributed by atoms with Crippen LogP contribution in [0, 0.1) is 0 Å². The first kappa shape index (κ1) is 12.0. The predicted octanol–water partition coefficient (Wildman–Crippen LogP) is 1.88. The molecule has 100 valence electrons. The summed E-state index contributed by atoms with van der Waals surface area (Å²) in [6.45, 7) is 3.71. The van der Waals surface area contributed by atoms with Crippen molar-refractivity contribution in [1.82, 2.24) is 4.90 Å². The van der Waals surface area contributed by atoms with E-state index in [9.17, 15) is 4.79 Å². The maximum Gasteiger partial charge on any atom is 0.290 e. The first-order chi connectivity index (χ1) is 9.15. The van der Waals surface area contributed by atoms with Crippen LogP contribution in [0.25, 0.3) is 11.0 Å². The molecule has 0 saturated carbocycles. The Balaban J connectivity index is 1.92. The lowest BCUT2D eigenvalue weighted by atomic mass is 10.2. The molecule has 1 fully saturated rings. The molecule has 2 N–H and O–H groups in total. The summed E-state index contributed by atoms with van der Waals surface area (Å²) in [5.74, 6) is 0.264. The molecular formula is C14H16N2O3. The number of nitrogens with zero attached hydrogens (tertiary/aromatic N) is 1. The molecule has 1 atom stereocenters. The van der Waals surface area contributed by atoms with E-state index in [-0.39, 0.29) is 11.9 Å². The number of amides is 1. The first-order valence-electron chi connectivity index (χ1n) is 6.33. The SMILES string of the molecule is CC1COCCN1C(=O)c1cc2cc(N)ccc2o1. The second-order valence-electron chi connectivity index (χ2n) is 4.83. The van der Waals surface area contributed by atoms with Gasteiger partial charge in [0.15, 0.2) is 5.76 Å². The van der Waals surface area contributed by atoms with Gasteiger partial charge in [0.2, 0.25) is 0 Å². The Morgan fingerprint density at radius 2 is 2.26 bits per heavy atom. The molecule has 0 bridgehead atoms. The summed E-state index contributed by atoms with van der Waals surface area (Å²) < 4.78 is 10.9. The monoisotopic (exact) mass is 260 g/mol. The number of nitrogens with two attached hydrogens (primary N) is 1. The van der Waals surface area contributed by atoms with Gasteiger partial charge in [0.25, 0.3) is 5.91 Å². The largest absolute Gasteiger partial charge is 0.451 e. The molecule has 2 aromatic rings. The van der Waals surface area contributed by atoms with Crippen molar-refractivity contribution in [3.63, 3.8) is 0 Å². The van der Waals surface area contributed by atoms with Gasteiger partial charge in [0.1, 0.15) is 5.58 Å². The number of furan rings is 1.